The van der Waals surface area contributed by atoms with Crippen LogP contribution in [0.15, 0.2) is 52.1 Å². The average molecular weight is 490 g/mol. The van der Waals surface area contributed by atoms with Gasteiger partial charge in [0.1, 0.15) is 6.10 Å². The summed E-state index contributed by atoms with van der Waals surface area (Å²) in [6, 6.07) is 13.7. The monoisotopic (exact) mass is 489 g/mol. The van der Waals surface area contributed by atoms with Gasteiger partial charge in [-0.15, -0.1) is 0 Å². The maximum atomic E-state index is 13.7. The highest BCUT2D eigenvalue weighted by Crippen LogP contribution is 2.48. The Balaban J connectivity index is 2.01. The summed E-state index contributed by atoms with van der Waals surface area (Å²) >= 11 is 0. The molecule has 2 aromatic carbocycles. The Morgan fingerprint density at radius 1 is 1.00 bits per heavy atom. The van der Waals surface area contributed by atoms with Gasteiger partial charge in [-0.25, -0.2) is 4.79 Å². The van der Waals surface area contributed by atoms with Crippen LogP contribution in [0.4, 0.5) is 0 Å². The van der Waals surface area contributed by atoms with Gasteiger partial charge in [0.15, 0.2) is 11.5 Å². The minimum absolute atomic E-state index is 0.335. The maximum Gasteiger partial charge on any atom is 0.331 e. The van der Waals surface area contributed by atoms with Crippen LogP contribution in [-0.4, -0.2) is 34.5 Å². The molecule has 5 rings (SSSR count). The number of hydrogen-bond acceptors (Lipinski definition) is 5. The highest BCUT2D eigenvalue weighted by atomic mass is 16.5. The van der Waals surface area contributed by atoms with Crippen molar-refractivity contribution in [2.75, 3.05) is 20.8 Å². The number of ether oxygens (including phenoxy) is 3. The van der Waals surface area contributed by atoms with Gasteiger partial charge in [0, 0.05) is 19.7 Å². The van der Waals surface area contributed by atoms with Gasteiger partial charge in [0.25, 0.3) is 5.56 Å². The number of benzene rings is 2. The van der Waals surface area contributed by atoms with Crippen LogP contribution in [0.5, 0.6) is 11.5 Å². The SMILES string of the molecule is COc1cccc(C2OCC(C)(C)n3c(-c4cccc(C)c4)c4c(=O)n(C)c(=O)n(C)c4c32)c1OC. The lowest BCUT2D eigenvalue weighted by atomic mass is 9.97. The first-order valence-corrected chi connectivity index (χ1v) is 11.9. The first kappa shape index (κ1) is 23.9. The Morgan fingerprint density at radius 2 is 1.72 bits per heavy atom. The Hall–Kier alpha value is -3.78. The van der Waals surface area contributed by atoms with E-state index in [0.717, 1.165) is 28.1 Å². The second-order valence-corrected chi connectivity index (χ2v) is 9.95. The molecule has 0 bridgehead atoms. The van der Waals surface area contributed by atoms with E-state index in [1.54, 1.807) is 25.8 Å². The molecule has 1 aliphatic heterocycles. The van der Waals surface area contributed by atoms with Gasteiger partial charge < -0.3 is 18.8 Å². The number of aryl methyl sites for hydroxylation is 2. The van der Waals surface area contributed by atoms with Crippen LogP contribution >= 0.6 is 0 Å². The van der Waals surface area contributed by atoms with Crippen LogP contribution in [0, 0.1) is 6.92 Å². The number of para-hydroxylation sites is 1. The predicted molar refractivity (Wildman–Crippen MR) is 139 cm³/mol. The molecule has 188 valence electrons. The van der Waals surface area contributed by atoms with Crippen molar-refractivity contribution in [3.05, 3.63) is 80.1 Å². The summed E-state index contributed by atoms with van der Waals surface area (Å²) in [5, 5.41) is 0.491. The van der Waals surface area contributed by atoms with Crippen LogP contribution in [-0.2, 0) is 24.4 Å². The fraction of sp³-hybridized carbons (Fsp3) is 0.357. The summed E-state index contributed by atoms with van der Waals surface area (Å²) in [7, 11) is 6.40. The second-order valence-electron chi connectivity index (χ2n) is 9.95. The highest BCUT2D eigenvalue weighted by molar-refractivity contribution is 5.97. The highest BCUT2D eigenvalue weighted by Gasteiger charge is 2.41. The lowest BCUT2D eigenvalue weighted by Gasteiger charge is -2.39. The number of nitrogens with zero attached hydrogens (tertiary/aromatic N) is 3. The van der Waals surface area contributed by atoms with Gasteiger partial charge >= 0.3 is 5.69 Å². The lowest BCUT2D eigenvalue weighted by Crippen LogP contribution is -2.40. The van der Waals surface area contributed by atoms with Gasteiger partial charge in [-0.05, 0) is 38.5 Å². The fourth-order valence-corrected chi connectivity index (χ4v) is 5.42. The molecule has 3 heterocycles. The summed E-state index contributed by atoms with van der Waals surface area (Å²) < 4.78 is 22.7. The van der Waals surface area contributed by atoms with Crippen LogP contribution in [0.1, 0.15) is 36.8 Å². The summed E-state index contributed by atoms with van der Waals surface area (Å²) in [6.45, 7) is 6.57. The molecule has 4 aromatic rings. The van der Waals surface area contributed by atoms with E-state index in [1.165, 1.54) is 11.6 Å². The Kier molecular flexibility index (Phi) is 5.59. The summed E-state index contributed by atoms with van der Waals surface area (Å²) in [5.74, 6) is 1.13. The second kappa shape index (κ2) is 8.41. The number of methoxy groups -OCH3 is 2. The summed E-state index contributed by atoms with van der Waals surface area (Å²) in [4.78, 5) is 26.9. The van der Waals surface area contributed by atoms with Crippen molar-refractivity contribution in [1.29, 1.82) is 0 Å². The maximum absolute atomic E-state index is 13.7. The van der Waals surface area contributed by atoms with E-state index in [4.69, 9.17) is 14.2 Å². The third kappa shape index (κ3) is 3.32. The molecule has 2 aromatic heterocycles. The van der Waals surface area contributed by atoms with Crippen LogP contribution in [0.25, 0.3) is 22.2 Å². The standard InChI is InChI=1S/C28H31N3O5/c1-16-10-8-11-17(14-16)21-20-22(29(4)27(33)30(5)26(20)32)23-25(36-15-28(2,3)31(21)23)18-12-9-13-19(34-6)24(18)35-7/h8-14,25H,15H2,1-7H3. The van der Waals surface area contributed by atoms with Gasteiger partial charge in [-0.1, -0.05) is 35.9 Å². The average Bonchev–Trinajstić information content (AvgIpc) is 3.23. The van der Waals surface area contributed by atoms with E-state index < -0.39 is 17.3 Å². The first-order chi connectivity index (χ1) is 17.1. The van der Waals surface area contributed by atoms with E-state index in [2.05, 4.69) is 24.5 Å². The van der Waals surface area contributed by atoms with E-state index in [1.807, 2.05) is 43.3 Å². The minimum atomic E-state index is -0.596. The molecule has 0 spiro atoms. The molecule has 8 nitrogen and oxygen atoms in total. The molecule has 1 unspecified atom stereocenters. The topological polar surface area (TPSA) is 76.6 Å². The molecule has 1 atom stereocenters. The predicted octanol–water partition coefficient (Wildman–Crippen LogP) is 3.89. The Morgan fingerprint density at radius 3 is 2.39 bits per heavy atom. The molecule has 0 N–H and O–H groups in total. The zero-order chi connectivity index (χ0) is 25.9. The van der Waals surface area contributed by atoms with E-state index in [-0.39, 0.29) is 5.56 Å². The van der Waals surface area contributed by atoms with Crippen LogP contribution in [0.2, 0.25) is 0 Å². The number of fused-ring (bicyclic) bond motifs is 3. The lowest BCUT2D eigenvalue weighted by molar-refractivity contribution is -0.00811. The largest absolute Gasteiger partial charge is 0.493 e. The van der Waals surface area contributed by atoms with Crippen molar-refractivity contribution in [1.82, 2.24) is 13.7 Å². The molecule has 8 heteroatoms. The molecule has 0 saturated carbocycles. The van der Waals surface area contributed by atoms with Gasteiger partial charge in [-0.2, -0.15) is 0 Å². The van der Waals surface area contributed by atoms with Crippen LogP contribution in [0.3, 0.4) is 0 Å². The van der Waals surface area contributed by atoms with Crippen LogP contribution < -0.4 is 20.7 Å². The number of rotatable bonds is 4. The number of aromatic nitrogens is 3. The molecule has 36 heavy (non-hydrogen) atoms. The first-order valence-electron chi connectivity index (χ1n) is 11.9. The third-order valence-electron chi connectivity index (χ3n) is 7.07. The molecular weight excluding hydrogens is 458 g/mol. The van der Waals surface area contributed by atoms with Gasteiger partial charge in [-0.3, -0.25) is 13.9 Å². The zero-order valence-electron chi connectivity index (χ0n) is 21.7. The zero-order valence-corrected chi connectivity index (χ0v) is 21.7. The fourth-order valence-electron chi connectivity index (χ4n) is 5.42. The van der Waals surface area contributed by atoms with Crippen molar-refractivity contribution in [3.63, 3.8) is 0 Å². The van der Waals surface area contributed by atoms with Crippen molar-refractivity contribution in [3.8, 4) is 22.8 Å². The van der Waals surface area contributed by atoms with Gasteiger partial charge in [0.05, 0.1) is 48.7 Å². The van der Waals surface area contributed by atoms with E-state index in [0.29, 0.717) is 29.0 Å². The van der Waals surface area contributed by atoms with E-state index in [9.17, 15) is 9.59 Å². The molecule has 0 amide bonds. The smallest absolute Gasteiger partial charge is 0.331 e. The van der Waals surface area contributed by atoms with Crippen molar-refractivity contribution < 1.29 is 14.2 Å². The number of hydrogen-bond donors (Lipinski definition) is 0. The summed E-state index contributed by atoms with van der Waals surface area (Å²) in [5.41, 5.74) is 3.59. The molecular formula is C28H31N3O5. The molecule has 1 aliphatic rings. The third-order valence-corrected chi connectivity index (χ3v) is 7.07. The van der Waals surface area contributed by atoms with Crippen molar-refractivity contribution in [2.24, 2.45) is 14.1 Å². The summed E-state index contributed by atoms with van der Waals surface area (Å²) in [6.07, 6.45) is -0.596. The Labute approximate surface area is 209 Å². The Bertz CT molecular complexity index is 1620. The normalized spacial score (nSPS) is 16.7. The van der Waals surface area contributed by atoms with E-state index >= 15 is 0 Å². The quantitative estimate of drug-likeness (QED) is 0.435. The van der Waals surface area contributed by atoms with Gasteiger partial charge in [0.2, 0.25) is 0 Å². The molecule has 0 aliphatic carbocycles. The molecule has 0 radical (unpaired) electrons. The van der Waals surface area contributed by atoms with Crippen molar-refractivity contribution in [2.45, 2.75) is 32.4 Å². The molecule has 0 saturated heterocycles. The minimum Gasteiger partial charge on any atom is -0.493 e. The molecule has 0 fully saturated rings. The van der Waals surface area contributed by atoms with Crippen molar-refractivity contribution >= 4 is 10.9 Å².